The van der Waals surface area contributed by atoms with Crippen LogP contribution < -0.4 is 5.32 Å². The van der Waals surface area contributed by atoms with Crippen LogP contribution in [0.2, 0.25) is 0 Å². The first kappa shape index (κ1) is 14.3. The van der Waals surface area contributed by atoms with E-state index in [1.165, 1.54) is 51.5 Å². The van der Waals surface area contributed by atoms with Crippen molar-refractivity contribution in [2.75, 3.05) is 6.54 Å². The van der Waals surface area contributed by atoms with Crippen molar-refractivity contribution in [2.24, 2.45) is 11.8 Å². The monoisotopic (exact) mass is 253 g/mol. The van der Waals surface area contributed by atoms with Crippen LogP contribution in [0.5, 0.6) is 0 Å². The van der Waals surface area contributed by atoms with E-state index in [9.17, 15) is 0 Å². The van der Waals surface area contributed by atoms with Crippen molar-refractivity contribution in [3.8, 4) is 0 Å². The fraction of sp³-hybridized carbons (Fsp3) is 1.00. The zero-order valence-electron chi connectivity index (χ0n) is 12.5. The number of rotatable bonds is 8. The SMILES string of the molecule is CCCNC(CCCC(C)C)C1CC2CCC1O2. The molecule has 2 heterocycles. The van der Waals surface area contributed by atoms with Crippen molar-refractivity contribution in [1.29, 1.82) is 0 Å². The van der Waals surface area contributed by atoms with Gasteiger partial charge in [0.05, 0.1) is 12.2 Å². The zero-order chi connectivity index (χ0) is 13.0. The number of hydrogen-bond acceptors (Lipinski definition) is 2. The molecule has 2 rings (SSSR count). The molecular formula is C16H31NO. The van der Waals surface area contributed by atoms with E-state index < -0.39 is 0 Å². The molecule has 2 bridgehead atoms. The average molecular weight is 253 g/mol. The van der Waals surface area contributed by atoms with Gasteiger partial charge in [-0.05, 0) is 44.6 Å². The number of hydrogen-bond donors (Lipinski definition) is 1. The third kappa shape index (κ3) is 3.71. The number of fused-ring (bicyclic) bond motifs is 2. The highest BCUT2D eigenvalue weighted by Gasteiger charge is 2.43. The summed E-state index contributed by atoms with van der Waals surface area (Å²) in [4.78, 5) is 0. The van der Waals surface area contributed by atoms with E-state index in [1.54, 1.807) is 0 Å². The van der Waals surface area contributed by atoms with Crippen molar-refractivity contribution >= 4 is 0 Å². The summed E-state index contributed by atoms with van der Waals surface area (Å²) in [6.45, 7) is 8.08. The van der Waals surface area contributed by atoms with Crippen LogP contribution in [0.1, 0.15) is 65.7 Å². The van der Waals surface area contributed by atoms with Gasteiger partial charge in [0.1, 0.15) is 0 Å². The zero-order valence-corrected chi connectivity index (χ0v) is 12.5. The average Bonchev–Trinajstić information content (AvgIpc) is 2.95. The minimum absolute atomic E-state index is 0.573. The van der Waals surface area contributed by atoms with Gasteiger partial charge < -0.3 is 10.1 Å². The summed E-state index contributed by atoms with van der Waals surface area (Å²) in [6.07, 6.45) is 10.4. The van der Waals surface area contributed by atoms with Crippen molar-refractivity contribution < 1.29 is 4.74 Å². The first-order valence-electron chi connectivity index (χ1n) is 8.09. The number of ether oxygens (including phenoxy) is 1. The van der Waals surface area contributed by atoms with E-state index in [0.717, 1.165) is 11.8 Å². The van der Waals surface area contributed by atoms with Crippen LogP contribution >= 0.6 is 0 Å². The highest BCUT2D eigenvalue weighted by Crippen LogP contribution is 2.41. The van der Waals surface area contributed by atoms with Crippen LogP contribution in [-0.2, 0) is 4.74 Å². The van der Waals surface area contributed by atoms with Crippen LogP contribution in [-0.4, -0.2) is 24.8 Å². The summed E-state index contributed by atoms with van der Waals surface area (Å²) in [5, 5.41) is 3.79. The van der Waals surface area contributed by atoms with Crippen LogP contribution in [0.4, 0.5) is 0 Å². The molecule has 0 amide bonds. The highest BCUT2D eigenvalue weighted by molar-refractivity contribution is 4.95. The maximum atomic E-state index is 6.03. The Morgan fingerprint density at radius 3 is 2.61 bits per heavy atom. The third-order valence-corrected chi connectivity index (χ3v) is 4.62. The predicted octanol–water partition coefficient (Wildman–Crippen LogP) is 3.75. The summed E-state index contributed by atoms with van der Waals surface area (Å²) in [5.41, 5.74) is 0. The Bertz CT molecular complexity index is 241. The molecule has 0 saturated carbocycles. The van der Waals surface area contributed by atoms with Crippen LogP contribution in [0, 0.1) is 11.8 Å². The lowest BCUT2D eigenvalue weighted by Crippen LogP contribution is -2.41. The summed E-state index contributed by atoms with van der Waals surface area (Å²) in [7, 11) is 0. The first-order valence-corrected chi connectivity index (χ1v) is 8.09. The Balaban J connectivity index is 1.80. The molecule has 0 spiro atoms. The summed E-state index contributed by atoms with van der Waals surface area (Å²) >= 11 is 0. The molecule has 4 unspecified atom stereocenters. The van der Waals surface area contributed by atoms with Gasteiger partial charge in [0.15, 0.2) is 0 Å². The standard InChI is InChI=1S/C16H31NO/c1-4-10-17-15(7-5-6-12(2)3)14-11-13-8-9-16(14)18-13/h12-17H,4-11H2,1-3H3. The Morgan fingerprint density at radius 2 is 2.06 bits per heavy atom. The lowest BCUT2D eigenvalue weighted by molar-refractivity contribution is 0.0846. The molecule has 2 aliphatic heterocycles. The molecule has 2 heteroatoms. The van der Waals surface area contributed by atoms with E-state index >= 15 is 0 Å². The summed E-state index contributed by atoms with van der Waals surface area (Å²) < 4.78 is 6.03. The van der Waals surface area contributed by atoms with Crippen LogP contribution in [0.3, 0.4) is 0 Å². The molecule has 2 fully saturated rings. The lowest BCUT2D eigenvalue weighted by Gasteiger charge is -2.29. The molecule has 2 nitrogen and oxygen atoms in total. The minimum atomic E-state index is 0.573. The van der Waals surface area contributed by atoms with Crippen molar-refractivity contribution in [2.45, 2.75) is 84.0 Å². The van der Waals surface area contributed by atoms with E-state index in [4.69, 9.17) is 4.74 Å². The summed E-state index contributed by atoms with van der Waals surface area (Å²) in [6, 6.07) is 0.707. The minimum Gasteiger partial charge on any atom is -0.375 e. The van der Waals surface area contributed by atoms with E-state index in [1.807, 2.05) is 0 Å². The van der Waals surface area contributed by atoms with Gasteiger partial charge in [-0.1, -0.05) is 33.6 Å². The second-order valence-electron chi connectivity index (χ2n) is 6.66. The molecule has 2 saturated heterocycles. The second kappa shape index (κ2) is 6.91. The van der Waals surface area contributed by atoms with Crippen LogP contribution in [0.25, 0.3) is 0 Å². The molecule has 106 valence electrons. The molecule has 0 aliphatic carbocycles. The fourth-order valence-electron chi connectivity index (χ4n) is 3.64. The Hall–Kier alpha value is -0.0800. The van der Waals surface area contributed by atoms with E-state index in [-0.39, 0.29) is 0 Å². The molecular weight excluding hydrogens is 222 g/mol. The van der Waals surface area contributed by atoms with Gasteiger partial charge in [-0.25, -0.2) is 0 Å². The highest BCUT2D eigenvalue weighted by atomic mass is 16.5. The maximum Gasteiger partial charge on any atom is 0.0623 e. The van der Waals surface area contributed by atoms with Gasteiger partial charge >= 0.3 is 0 Å². The van der Waals surface area contributed by atoms with Gasteiger partial charge in [-0.15, -0.1) is 0 Å². The molecule has 0 aromatic rings. The molecule has 0 aromatic heterocycles. The Morgan fingerprint density at radius 1 is 1.22 bits per heavy atom. The van der Waals surface area contributed by atoms with Crippen molar-refractivity contribution in [3.05, 3.63) is 0 Å². The van der Waals surface area contributed by atoms with Gasteiger partial charge in [-0.3, -0.25) is 0 Å². The Labute approximate surface area is 113 Å². The number of nitrogens with one attached hydrogen (secondary N) is 1. The van der Waals surface area contributed by atoms with Gasteiger partial charge in [0.25, 0.3) is 0 Å². The molecule has 2 aliphatic rings. The van der Waals surface area contributed by atoms with Gasteiger partial charge in [-0.2, -0.15) is 0 Å². The fourth-order valence-corrected chi connectivity index (χ4v) is 3.64. The smallest absolute Gasteiger partial charge is 0.0623 e. The first-order chi connectivity index (χ1) is 8.70. The third-order valence-electron chi connectivity index (χ3n) is 4.62. The van der Waals surface area contributed by atoms with E-state index in [0.29, 0.717) is 18.2 Å². The molecule has 4 atom stereocenters. The van der Waals surface area contributed by atoms with Gasteiger partial charge in [0, 0.05) is 12.0 Å². The summed E-state index contributed by atoms with van der Waals surface area (Å²) in [5.74, 6) is 1.63. The molecule has 0 aromatic carbocycles. The van der Waals surface area contributed by atoms with Crippen molar-refractivity contribution in [1.82, 2.24) is 5.32 Å². The predicted molar refractivity (Wildman–Crippen MR) is 76.8 cm³/mol. The van der Waals surface area contributed by atoms with E-state index in [2.05, 4.69) is 26.1 Å². The molecule has 0 radical (unpaired) electrons. The van der Waals surface area contributed by atoms with Gasteiger partial charge in [0.2, 0.25) is 0 Å². The normalized spacial score (nSPS) is 32.3. The Kier molecular flexibility index (Phi) is 5.50. The second-order valence-corrected chi connectivity index (χ2v) is 6.66. The quantitative estimate of drug-likeness (QED) is 0.711. The molecule has 18 heavy (non-hydrogen) atoms. The topological polar surface area (TPSA) is 21.3 Å². The largest absolute Gasteiger partial charge is 0.375 e. The van der Waals surface area contributed by atoms with Crippen molar-refractivity contribution in [3.63, 3.8) is 0 Å². The molecule has 1 N–H and O–H groups in total. The lowest BCUT2D eigenvalue weighted by atomic mass is 9.81. The maximum absolute atomic E-state index is 6.03. The van der Waals surface area contributed by atoms with Crippen LogP contribution in [0.15, 0.2) is 0 Å².